The maximum absolute atomic E-state index is 10.0. The van der Waals surface area contributed by atoms with Crippen LogP contribution < -0.4 is 0 Å². The zero-order chi connectivity index (χ0) is 15.1. The van der Waals surface area contributed by atoms with Gasteiger partial charge in [-0.05, 0) is 44.3 Å². The standard InChI is InChI=1S/C17H27NO3/c1-14(19)16-7-9-18(10-8-16)11-17(20)13-21-12-15-5-3-2-4-6-15/h2-6,14,16-17,19-20H,7-13H2,1H3. The SMILES string of the molecule is CC(O)C1CCN(CC(O)COCc2ccccc2)CC1. The van der Waals surface area contributed by atoms with Crippen LogP contribution in [0.2, 0.25) is 0 Å². The van der Waals surface area contributed by atoms with Gasteiger partial charge >= 0.3 is 0 Å². The lowest BCUT2D eigenvalue weighted by atomic mass is 9.92. The predicted molar refractivity (Wildman–Crippen MR) is 82.9 cm³/mol. The van der Waals surface area contributed by atoms with E-state index in [1.165, 1.54) is 0 Å². The molecule has 1 saturated heterocycles. The van der Waals surface area contributed by atoms with Crippen LogP contribution in [0.1, 0.15) is 25.3 Å². The molecule has 0 aromatic heterocycles. The number of ether oxygens (including phenoxy) is 1. The van der Waals surface area contributed by atoms with Crippen molar-refractivity contribution in [3.63, 3.8) is 0 Å². The van der Waals surface area contributed by atoms with Gasteiger partial charge < -0.3 is 19.8 Å². The van der Waals surface area contributed by atoms with E-state index in [1.807, 2.05) is 37.3 Å². The Labute approximate surface area is 127 Å². The fourth-order valence-electron chi connectivity index (χ4n) is 2.86. The molecule has 0 radical (unpaired) electrons. The van der Waals surface area contributed by atoms with Gasteiger partial charge in [0.1, 0.15) is 0 Å². The van der Waals surface area contributed by atoms with Crippen LogP contribution in [0.15, 0.2) is 30.3 Å². The lowest BCUT2D eigenvalue weighted by molar-refractivity contribution is -0.00169. The summed E-state index contributed by atoms with van der Waals surface area (Å²) in [6.45, 7) is 5.33. The summed E-state index contributed by atoms with van der Waals surface area (Å²) in [6, 6.07) is 10.00. The maximum Gasteiger partial charge on any atom is 0.0900 e. The van der Waals surface area contributed by atoms with Crippen LogP contribution in [0, 0.1) is 5.92 Å². The summed E-state index contributed by atoms with van der Waals surface area (Å²) in [5.74, 6) is 0.410. The number of benzene rings is 1. The molecule has 1 fully saturated rings. The first-order valence-electron chi connectivity index (χ1n) is 7.85. The van der Waals surface area contributed by atoms with E-state index >= 15 is 0 Å². The Kier molecular flexibility index (Phi) is 6.64. The molecule has 2 atom stereocenters. The van der Waals surface area contributed by atoms with Crippen LogP contribution in [0.5, 0.6) is 0 Å². The molecule has 1 aliphatic rings. The van der Waals surface area contributed by atoms with E-state index < -0.39 is 6.10 Å². The van der Waals surface area contributed by atoms with E-state index in [1.54, 1.807) is 0 Å². The highest BCUT2D eigenvalue weighted by molar-refractivity contribution is 5.13. The first-order valence-corrected chi connectivity index (χ1v) is 7.85. The molecule has 118 valence electrons. The average molecular weight is 293 g/mol. The Bertz CT molecular complexity index is 388. The molecular formula is C17H27NO3. The Morgan fingerprint density at radius 3 is 2.48 bits per heavy atom. The van der Waals surface area contributed by atoms with Gasteiger partial charge in [-0.2, -0.15) is 0 Å². The minimum atomic E-state index is -0.447. The molecule has 21 heavy (non-hydrogen) atoms. The van der Waals surface area contributed by atoms with E-state index in [-0.39, 0.29) is 6.10 Å². The molecule has 1 aliphatic heterocycles. The summed E-state index contributed by atoms with van der Waals surface area (Å²) in [5, 5.41) is 19.6. The van der Waals surface area contributed by atoms with E-state index in [0.29, 0.717) is 25.7 Å². The fourth-order valence-corrected chi connectivity index (χ4v) is 2.86. The van der Waals surface area contributed by atoms with Gasteiger partial charge in [-0.15, -0.1) is 0 Å². The molecule has 4 heteroatoms. The van der Waals surface area contributed by atoms with Crippen molar-refractivity contribution in [2.45, 2.75) is 38.6 Å². The summed E-state index contributed by atoms with van der Waals surface area (Å²) >= 11 is 0. The van der Waals surface area contributed by atoms with Crippen LogP contribution in [-0.4, -0.2) is 53.6 Å². The highest BCUT2D eigenvalue weighted by Gasteiger charge is 2.23. The molecule has 2 rings (SSSR count). The Morgan fingerprint density at radius 2 is 1.86 bits per heavy atom. The van der Waals surface area contributed by atoms with Crippen molar-refractivity contribution in [2.24, 2.45) is 5.92 Å². The van der Waals surface area contributed by atoms with E-state index in [0.717, 1.165) is 31.5 Å². The van der Waals surface area contributed by atoms with Crippen LogP contribution in [-0.2, 0) is 11.3 Å². The topological polar surface area (TPSA) is 52.9 Å². The number of aliphatic hydroxyl groups excluding tert-OH is 2. The lowest BCUT2D eigenvalue weighted by Gasteiger charge is -2.34. The predicted octanol–water partition coefficient (Wildman–Crippen LogP) is 1.66. The number of β-amino-alcohol motifs (C(OH)–C–C–N with tert-alkyl or cyclic N) is 1. The van der Waals surface area contributed by atoms with Crippen LogP contribution >= 0.6 is 0 Å². The minimum Gasteiger partial charge on any atom is -0.393 e. The van der Waals surface area contributed by atoms with Gasteiger partial charge in [-0.25, -0.2) is 0 Å². The average Bonchev–Trinajstić information content (AvgIpc) is 2.49. The van der Waals surface area contributed by atoms with Crippen molar-refractivity contribution < 1.29 is 14.9 Å². The van der Waals surface area contributed by atoms with Crippen LogP contribution in [0.3, 0.4) is 0 Å². The maximum atomic E-state index is 10.0. The number of rotatable bonds is 7. The van der Waals surface area contributed by atoms with Crippen molar-refractivity contribution in [3.8, 4) is 0 Å². The quantitative estimate of drug-likeness (QED) is 0.803. The smallest absolute Gasteiger partial charge is 0.0900 e. The van der Waals surface area contributed by atoms with Gasteiger partial charge in [0.05, 0.1) is 25.4 Å². The van der Waals surface area contributed by atoms with Gasteiger partial charge in [0.2, 0.25) is 0 Å². The monoisotopic (exact) mass is 293 g/mol. The molecular weight excluding hydrogens is 266 g/mol. The van der Waals surface area contributed by atoms with E-state index in [4.69, 9.17) is 4.74 Å². The highest BCUT2D eigenvalue weighted by Crippen LogP contribution is 2.20. The summed E-state index contributed by atoms with van der Waals surface area (Å²) in [5.41, 5.74) is 1.13. The third-order valence-corrected chi connectivity index (χ3v) is 4.21. The third kappa shape index (κ3) is 5.75. The molecule has 0 saturated carbocycles. The number of piperidine rings is 1. The first kappa shape index (κ1) is 16.4. The van der Waals surface area contributed by atoms with Crippen molar-refractivity contribution >= 4 is 0 Å². The Morgan fingerprint density at radius 1 is 1.19 bits per heavy atom. The number of nitrogens with zero attached hydrogens (tertiary/aromatic N) is 1. The fraction of sp³-hybridized carbons (Fsp3) is 0.647. The Hall–Kier alpha value is -0.940. The van der Waals surface area contributed by atoms with E-state index in [9.17, 15) is 10.2 Å². The molecule has 2 N–H and O–H groups in total. The lowest BCUT2D eigenvalue weighted by Crippen LogP contribution is -2.42. The number of aliphatic hydroxyl groups is 2. The zero-order valence-electron chi connectivity index (χ0n) is 12.8. The second-order valence-electron chi connectivity index (χ2n) is 6.03. The molecule has 1 aromatic carbocycles. The van der Waals surface area contributed by atoms with E-state index in [2.05, 4.69) is 4.90 Å². The van der Waals surface area contributed by atoms with Crippen molar-refractivity contribution in [3.05, 3.63) is 35.9 Å². The van der Waals surface area contributed by atoms with Gasteiger partial charge in [-0.1, -0.05) is 30.3 Å². The van der Waals surface area contributed by atoms with Gasteiger partial charge in [0.25, 0.3) is 0 Å². The molecule has 4 nitrogen and oxygen atoms in total. The summed E-state index contributed by atoms with van der Waals surface area (Å²) in [7, 11) is 0. The number of hydrogen-bond donors (Lipinski definition) is 2. The number of likely N-dealkylation sites (tertiary alicyclic amines) is 1. The van der Waals surface area contributed by atoms with Gasteiger partial charge in [0, 0.05) is 6.54 Å². The molecule has 1 heterocycles. The highest BCUT2D eigenvalue weighted by atomic mass is 16.5. The summed E-state index contributed by atoms with van der Waals surface area (Å²) in [4.78, 5) is 2.26. The first-order chi connectivity index (χ1) is 10.1. The largest absolute Gasteiger partial charge is 0.393 e. The second kappa shape index (κ2) is 8.49. The Balaban J connectivity index is 1.61. The van der Waals surface area contributed by atoms with Gasteiger partial charge in [-0.3, -0.25) is 0 Å². The molecule has 1 aromatic rings. The van der Waals surface area contributed by atoms with Crippen molar-refractivity contribution in [2.75, 3.05) is 26.2 Å². The molecule has 0 amide bonds. The summed E-state index contributed by atoms with van der Waals surface area (Å²) < 4.78 is 5.57. The minimum absolute atomic E-state index is 0.216. The molecule has 0 bridgehead atoms. The normalized spacial score (nSPS) is 20.3. The zero-order valence-corrected chi connectivity index (χ0v) is 12.8. The third-order valence-electron chi connectivity index (χ3n) is 4.21. The van der Waals surface area contributed by atoms with Crippen LogP contribution in [0.4, 0.5) is 0 Å². The van der Waals surface area contributed by atoms with Crippen molar-refractivity contribution in [1.82, 2.24) is 4.90 Å². The second-order valence-corrected chi connectivity index (χ2v) is 6.03. The van der Waals surface area contributed by atoms with Crippen LogP contribution in [0.25, 0.3) is 0 Å². The molecule has 2 unspecified atom stereocenters. The van der Waals surface area contributed by atoms with Gasteiger partial charge in [0.15, 0.2) is 0 Å². The molecule has 0 aliphatic carbocycles. The summed E-state index contributed by atoms with van der Waals surface area (Å²) in [6.07, 6.45) is 1.35. The van der Waals surface area contributed by atoms with Crippen molar-refractivity contribution in [1.29, 1.82) is 0 Å². The number of hydrogen-bond acceptors (Lipinski definition) is 4. The molecule has 0 spiro atoms.